The van der Waals surface area contributed by atoms with Crippen molar-refractivity contribution in [2.24, 2.45) is 0 Å². The van der Waals surface area contributed by atoms with Crippen LogP contribution in [0.3, 0.4) is 0 Å². The maximum atomic E-state index is 11.8. The molecule has 0 fully saturated rings. The Morgan fingerprint density at radius 1 is 1.62 bits per heavy atom. The fraction of sp³-hybridized carbons (Fsp3) is 0.583. The highest BCUT2D eigenvalue weighted by Gasteiger charge is 2.23. The maximum absolute atomic E-state index is 11.8. The van der Waals surface area contributed by atoms with Crippen molar-refractivity contribution in [1.29, 1.82) is 0 Å². The number of nitrogens with one attached hydrogen (secondary N) is 1. The Kier molecular flexibility index (Phi) is 5.29. The molecular formula is C12H18ClNOS. The highest BCUT2D eigenvalue weighted by molar-refractivity contribution is 7.07. The number of hydrogen-bond acceptors (Lipinski definition) is 2. The van der Waals surface area contributed by atoms with Crippen LogP contribution in [0.5, 0.6) is 0 Å². The van der Waals surface area contributed by atoms with Gasteiger partial charge in [0.15, 0.2) is 0 Å². The minimum atomic E-state index is -0.172. The second-order valence-corrected chi connectivity index (χ2v) is 5.37. The SMILES string of the molecule is CCC(C)(CCCl)NC(=O)Cc1ccsc1. The number of alkyl halides is 1. The van der Waals surface area contributed by atoms with Crippen LogP contribution >= 0.6 is 22.9 Å². The molecule has 1 unspecified atom stereocenters. The normalized spacial score (nSPS) is 14.4. The van der Waals surface area contributed by atoms with E-state index >= 15 is 0 Å². The number of amides is 1. The number of carbonyl (C=O) groups is 1. The fourth-order valence-corrected chi connectivity index (χ4v) is 2.58. The molecule has 1 aromatic rings. The van der Waals surface area contributed by atoms with Crippen molar-refractivity contribution in [1.82, 2.24) is 5.32 Å². The number of carbonyl (C=O) groups excluding carboxylic acids is 1. The van der Waals surface area contributed by atoms with Gasteiger partial charge in [-0.3, -0.25) is 4.79 Å². The molecule has 1 atom stereocenters. The Bertz CT molecular complexity index is 326. The summed E-state index contributed by atoms with van der Waals surface area (Å²) in [5.74, 6) is 0.649. The molecule has 0 aliphatic carbocycles. The third-order valence-corrected chi connectivity index (χ3v) is 3.73. The molecule has 90 valence electrons. The molecule has 0 aliphatic heterocycles. The van der Waals surface area contributed by atoms with Gasteiger partial charge in [0.25, 0.3) is 0 Å². The molecule has 0 spiro atoms. The Balaban J connectivity index is 2.49. The average Bonchev–Trinajstić information content (AvgIpc) is 2.70. The van der Waals surface area contributed by atoms with E-state index in [4.69, 9.17) is 11.6 Å². The minimum Gasteiger partial charge on any atom is -0.351 e. The van der Waals surface area contributed by atoms with Gasteiger partial charge in [0.1, 0.15) is 0 Å². The van der Waals surface area contributed by atoms with E-state index in [0.717, 1.165) is 18.4 Å². The third-order valence-electron chi connectivity index (χ3n) is 2.81. The van der Waals surface area contributed by atoms with E-state index in [-0.39, 0.29) is 11.4 Å². The molecular weight excluding hydrogens is 242 g/mol. The first-order valence-electron chi connectivity index (χ1n) is 5.47. The predicted octanol–water partition coefficient (Wildman–Crippen LogP) is 3.20. The highest BCUT2D eigenvalue weighted by Crippen LogP contribution is 2.16. The summed E-state index contributed by atoms with van der Waals surface area (Å²) in [6.45, 7) is 4.11. The molecule has 4 heteroatoms. The van der Waals surface area contributed by atoms with Crippen molar-refractivity contribution >= 4 is 28.8 Å². The highest BCUT2D eigenvalue weighted by atomic mass is 35.5. The standard InChI is InChI=1S/C12H18ClNOS/c1-3-12(2,5-6-13)14-11(15)8-10-4-7-16-9-10/h4,7,9H,3,5-6,8H2,1-2H3,(H,14,15). The zero-order chi connectivity index (χ0) is 12.0. The molecule has 0 aliphatic rings. The zero-order valence-corrected chi connectivity index (χ0v) is 11.3. The lowest BCUT2D eigenvalue weighted by Crippen LogP contribution is -2.46. The van der Waals surface area contributed by atoms with E-state index in [9.17, 15) is 4.79 Å². The molecule has 0 radical (unpaired) electrons. The monoisotopic (exact) mass is 259 g/mol. The predicted molar refractivity (Wildman–Crippen MR) is 70.2 cm³/mol. The van der Waals surface area contributed by atoms with Gasteiger partial charge in [-0.15, -0.1) is 11.6 Å². The second-order valence-electron chi connectivity index (χ2n) is 4.21. The number of thiophene rings is 1. The number of hydrogen-bond donors (Lipinski definition) is 1. The van der Waals surface area contributed by atoms with E-state index < -0.39 is 0 Å². The minimum absolute atomic E-state index is 0.0767. The lowest BCUT2D eigenvalue weighted by atomic mass is 9.95. The summed E-state index contributed by atoms with van der Waals surface area (Å²) in [6, 6.07) is 1.98. The summed E-state index contributed by atoms with van der Waals surface area (Å²) < 4.78 is 0. The molecule has 1 N–H and O–H groups in total. The summed E-state index contributed by atoms with van der Waals surface area (Å²) in [5.41, 5.74) is 0.904. The molecule has 0 saturated heterocycles. The van der Waals surface area contributed by atoms with Crippen LogP contribution in [0.15, 0.2) is 16.8 Å². The second kappa shape index (κ2) is 6.26. The average molecular weight is 260 g/mol. The lowest BCUT2D eigenvalue weighted by Gasteiger charge is -2.28. The Morgan fingerprint density at radius 2 is 2.38 bits per heavy atom. The van der Waals surface area contributed by atoms with Crippen LogP contribution < -0.4 is 5.32 Å². The first-order chi connectivity index (χ1) is 7.59. The molecule has 1 rings (SSSR count). The van der Waals surface area contributed by atoms with Gasteiger partial charge in [0.05, 0.1) is 6.42 Å². The van der Waals surface area contributed by atoms with Gasteiger partial charge in [0, 0.05) is 11.4 Å². The first-order valence-corrected chi connectivity index (χ1v) is 6.95. The van der Waals surface area contributed by atoms with Crippen molar-refractivity contribution in [3.8, 4) is 0 Å². The third kappa shape index (κ3) is 4.14. The van der Waals surface area contributed by atoms with Gasteiger partial charge in [-0.2, -0.15) is 11.3 Å². The first kappa shape index (κ1) is 13.5. The quantitative estimate of drug-likeness (QED) is 0.781. The van der Waals surface area contributed by atoms with Crippen LogP contribution in [0.1, 0.15) is 32.3 Å². The molecule has 0 saturated carbocycles. The summed E-state index contributed by atoms with van der Waals surface area (Å²) in [6.07, 6.45) is 2.16. The topological polar surface area (TPSA) is 29.1 Å². The van der Waals surface area contributed by atoms with Crippen molar-refractivity contribution in [3.05, 3.63) is 22.4 Å². The van der Waals surface area contributed by atoms with Crippen LogP contribution in [-0.4, -0.2) is 17.3 Å². The lowest BCUT2D eigenvalue weighted by molar-refractivity contribution is -0.122. The largest absolute Gasteiger partial charge is 0.351 e. The number of rotatable bonds is 6. The Hall–Kier alpha value is -0.540. The van der Waals surface area contributed by atoms with Gasteiger partial charge < -0.3 is 5.32 Å². The van der Waals surface area contributed by atoms with Gasteiger partial charge in [-0.25, -0.2) is 0 Å². The summed E-state index contributed by atoms with van der Waals surface area (Å²) >= 11 is 7.36. The molecule has 16 heavy (non-hydrogen) atoms. The maximum Gasteiger partial charge on any atom is 0.224 e. The Morgan fingerprint density at radius 3 is 2.88 bits per heavy atom. The van der Waals surface area contributed by atoms with Gasteiger partial charge >= 0.3 is 0 Å². The molecule has 1 heterocycles. The number of halogens is 1. The molecule has 0 bridgehead atoms. The van der Waals surface area contributed by atoms with E-state index in [1.165, 1.54) is 0 Å². The fourth-order valence-electron chi connectivity index (χ4n) is 1.50. The van der Waals surface area contributed by atoms with E-state index in [1.807, 2.05) is 23.8 Å². The van der Waals surface area contributed by atoms with Crippen molar-refractivity contribution in [2.45, 2.75) is 38.6 Å². The van der Waals surface area contributed by atoms with Crippen LogP contribution in [0, 0.1) is 0 Å². The van der Waals surface area contributed by atoms with Crippen molar-refractivity contribution in [2.75, 3.05) is 5.88 Å². The molecule has 1 amide bonds. The molecule has 1 aromatic heterocycles. The van der Waals surface area contributed by atoms with Crippen molar-refractivity contribution < 1.29 is 4.79 Å². The van der Waals surface area contributed by atoms with Gasteiger partial charge in [-0.05, 0) is 42.2 Å². The van der Waals surface area contributed by atoms with Crippen molar-refractivity contribution in [3.63, 3.8) is 0 Å². The van der Waals surface area contributed by atoms with Crippen LogP contribution in [0.4, 0.5) is 0 Å². The van der Waals surface area contributed by atoms with E-state index in [0.29, 0.717) is 12.3 Å². The van der Waals surface area contributed by atoms with Crippen LogP contribution in [-0.2, 0) is 11.2 Å². The van der Waals surface area contributed by atoms with Crippen LogP contribution in [0.25, 0.3) is 0 Å². The smallest absolute Gasteiger partial charge is 0.224 e. The van der Waals surface area contributed by atoms with Gasteiger partial charge in [-0.1, -0.05) is 6.92 Å². The molecule has 0 aromatic carbocycles. The summed E-state index contributed by atoms with van der Waals surface area (Å²) in [7, 11) is 0. The summed E-state index contributed by atoms with van der Waals surface area (Å²) in [5, 5.41) is 7.05. The van der Waals surface area contributed by atoms with Gasteiger partial charge in [0.2, 0.25) is 5.91 Å². The summed E-state index contributed by atoms with van der Waals surface area (Å²) in [4.78, 5) is 11.8. The van der Waals surface area contributed by atoms with Crippen LogP contribution in [0.2, 0.25) is 0 Å². The Labute approximate surface area is 106 Å². The van der Waals surface area contributed by atoms with E-state index in [2.05, 4.69) is 12.2 Å². The molecule has 2 nitrogen and oxygen atoms in total. The zero-order valence-electron chi connectivity index (χ0n) is 9.75. The van der Waals surface area contributed by atoms with E-state index in [1.54, 1.807) is 11.3 Å².